The molecule has 0 aromatic heterocycles. The first-order chi connectivity index (χ1) is 14.7. The molecule has 0 aliphatic carbocycles. The van der Waals surface area contributed by atoms with Crippen molar-refractivity contribution < 1.29 is 13.7 Å². The first-order valence-corrected chi connectivity index (χ1v) is 11.6. The summed E-state index contributed by atoms with van der Waals surface area (Å²) in [5.41, 5.74) is 2.50. The third-order valence-corrected chi connectivity index (χ3v) is 6.52. The molecule has 6 heteroatoms. The minimum Gasteiger partial charge on any atom is -0.495 e. The van der Waals surface area contributed by atoms with Gasteiger partial charge in [0.25, 0.3) is 0 Å². The average Bonchev–Trinajstić information content (AvgIpc) is 2.80. The van der Waals surface area contributed by atoms with E-state index in [9.17, 15) is 0 Å². The molecule has 1 saturated heterocycles. The molecule has 0 bridgehead atoms. The molecule has 0 N–H and O–H groups in total. The molecule has 0 spiro atoms. The quantitative estimate of drug-likeness (QED) is 0.576. The second kappa shape index (κ2) is 10.4. The summed E-state index contributed by atoms with van der Waals surface area (Å²) in [6.07, 6.45) is 2.20. The third-order valence-electron chi connectivity index (χ3n) is 5.77. The van der Waals surface area contributed by atoms with Crippen LogP contribution in [-0.2, 0) is 10.6 Å². The van der Waals surface area contributed by atoms with Gasteiger partial charge in [0.1, 0.15) is 11.5 Å². The van der Waals surface area contributed by atoms with Gasteiger partial charge in [-0.25, -0.2) is 0 Å². The minimum absolute atomic E-state index is 0.482. The summed E-state index contributed by atoms with van der Waals surface area (Å²) in [5.74, 6) is 2.46. The summed E-state index contributed by atoms with van der Waals surface area (Å²) in [6, 6.07) is 14.6. The van der Waals surface area contributed by atoms with Crippen molar-refractivity contribution in [3.63, 3.8) is 0 Å². The summed E-state index contributed by atoms with van der Waals surface area (Å²) >= 11 is 1.46. The number of ether oxygens (including phenoxy) is 2. The number of nitrogens with zero attached hydrogens (tertiary/aromatic N) is 2. The van der Waals surface area contributed by atoms with Crippen LogP contribution in [0.3, 0.4) is 0 Å². The van der Waals surface area contributed by atoms with Crippen molar-refractivity contribution in [2.24, 2.45) is 5.92 Å². The average molecular weight is 429 g/mol. The van der Waals surface area contributed by atoms with Gasteiger partial charge in [0, 0.05) is 44.8 Å². The van der Waals surface area contributed by atoms with E-state index >= 15 is 0 Å². The molecule has 5 nitrogen and oxygen atoms in total. The molecule has 1 unspecified atom stereocenters. The molecular weight excluding hydrogens is 396 g/mol. The lowest BCUT2D eigenvalue weighted by Gasteiger charge is -2.37. The monoisotopic (exact) mass is 428 g/mol. The molecule has 0 amide bonds. The van der Waals surface area contributed by atoms with E-state index < -0.39 is 0 Å². The summed E-state index contributed by atoms with van der Waals surface area (Å²) in [4.78, 5) is 6.06. The maximum atomic E-state index is 5.99. The van der Waals surface area contributed by atoms with Gasteiger partial charge < -0.3 is 18.6 Å². The summed E-state index contributed by atoms with van der Waals surface area (Å²) in [5, 5.41) is 0. The molecule has 1 fully saturated rings. The lowest BCUT2D eigenvalue weighted by molar-refractivity contribution is 0.190. The number of anilines is 1. The second-order valence-corrected chi connectivity index (χ2v) is 8.97. The highest BCUT2D eigenvalue weighted by Gasteiger charge is 2.21. The minimum atomic E-state index is 0.482. The van der Waals surface area contributed by atoms with Gasteiger partial charge in [0.05, 0.1) is 30.9 Å². The Morgan fingerprint density at radius 1 is 1.07 bits per heavy atom. The van der Waals surface area contributed by atoms with Crippen molar-refractivity contribution in [3.05, 3.63) is 48.0 Å². The van der Waals surface area contributed by atoms with Gasteiger partial charge in [0.15, 0.2) is 0 Å². The van der Waals surface area contributed by atoms with Gasteiger partial charge in [-0.1, -0.05) is 31.2 Å². The van der Waals surface area contributed by atoms with Crippen LogP contribution >= 0.6 is 12.0 Å². The van der Waals surface area contributed by atoms with E-state index in [1.54, 1.807) is 7.11 Å². The zero-order valence-electron chi connectivity index (χ0n) is 18.0. The Balaban J connectivity index is 1.21. The van der Waals surface area contributed by atoms with Gasteiger partial charge in [-0.05, 0) is 42.5 Å². The number of para-hydroxylation sites is 3. The van der Waals surface area contributed by atoms with Crippen molar-refractivity contribution in [1.29, 1.82) is 0 Å². The number of fused-ring (bicyclic) bond motifs is 1. The summed E-state index contributed by atoms with van der Waals surface area (Å²) in [6.45, 7) is 9.05. The molecule has 2 heterocycles. The lowest BCUT2D eigenvalue weighted by Crippen LogP contribution is -2.48. The molecule has 30 heavy (non-hydrogen) atoms. The smallest absolute Gasteiger partial charge is 0.142 e. The number of hydrogen-bond donors (Lipinski definition) is 0. The Labute approximate surface area is 184 Å². The number of methoxy groups -OCH3 is 1. The van der Waals surface area contributed by atoms with Crippen molar-refractivity contribution in [2.75, 3.05) is 57.9 Å². The van der Waals surface area contributed by atoms with E-state index in [-0.39, 0.29) is 0 Å². The van der Waals surface area contributed by atoms with Crippen LogP contribution in [0.1, 0.15) is 18.9 Å². The van der Waals surface area contributed by atoms with Crippen molar-refractivity contribution >= 4 is 17.7 Å². The highest BCUT2D eigenvalue weighted by molar-refractivity contribution is 7.94. The van der Waals surface area contributed by atoms with Gasteiger partial charge >= 0.3 is 0 Å². The molecule has 2 aromatic carbocycles. The van der Waals surface area contributed by atoms with Gasteiger partial charge in [0.2, 0.25) is 0 Å². The maximum Gasteiger partial charge on any atom is 0.142 e. The fourth-order valence-corrected chi connectivity index (χ4v) is 5.02. The first kappa shape index (κ1) is 21.3. The number of benzene rings is 2. The predicted octanol–water partition coefficient (Wildman–Crippen LogP) is 4.50. The Morgan fingerprint density at radius 2 is 1.90 bits per heavy atom. The highest BCUT2D eigenvalue weighted by atomic mass is 32.2. The summed E-state index contributed by atoms with van der Waals surface area (Å²) < 4.78 is 17.4. The summed E-state index contributed by atoms with van der Waals surface area (Å²) in [7, 11) is 1.74. The van der Waals surface area contributed by atoms with Crippen LogP contribution < -0.4 is 14.4 Å². The molecule has 0 saturated carbocycles. The fraction of sp³-hybridized carbons (Fsp3) is 0.500. The Bertz CT molecular complexity index is 824. The van der Waals surface area contributed by atoms with E-state index in [0.717, 1.165) is 75.2 Å². The predicted molar refractivity (Wildman–Crippen MR) is 123 cm³/mol. The Hall–Kier alpha value is -1.89. The van der Waals surface area contributed by atoms with Gasteiger partial charge in [-0.3, -0.25) is 4.90 Å². The van der Waals surface area contributed by atoms with Crippen molar-refractivity contribution in [2.45, 2.75) is 24.7 Å². The number of aryl methyl sites for hydroxylation is 1. The normalized spacial score (nSPS) is 17.9. The van der Waals surface area contributed by atoms with Crippen LogP contribution in [0.5, 0.6) is 11.5 Å². The second-order valence-electron chi connectivity index (χ2n) is 8.13. The van der Waals surface area contributed by atoms with Crippen LogP contribution in [0, 0.1) is 5.92 Å². The van der Waals surface area contributed by atoms with E-state index in [1.165, 1.54) is 23.3 Å². The van der Waals surface area contributed by atoms with Crippen LogP contribution in [0.15, 0.2) is 47.4 Å². The molecule has 2 aromatic rings. The van der Waals surface area contributed by atoms with Crippen LogP contribution in [-0.4, -0.2) is 57.9 Å². The molecule has 0 radical (unpaired) electrons. The lowest BCUT2D eigenvalue weighted by atomic mass is 10.1. The van der Waals surface area contributed by atoms with E-state index in [0.29, 0.717) is 5.92 Å². The maximum absolute atomic E-state index is 5.99. The molecule has 1 atom stereocenters. The number of hydrogen-bond acceptors (Lipinski definition) is 6. The largest absolute Gasteiger partial charge is 0.495 e. The van der Waals surface area contributed by atoms with Crippen molar-refractivity contribution in [3.8, 4) is 11.5 Å². The third kappa shape index (κ3) is 5.23. The Morgan fingerprint density at radius 3 is 2.73 bits per heavy atom. The molecule has 2 aliphatic rings. The number of piperazine rings is 1. The van der Waals surface area contributed by atoms with E-state index in [1.807, 2.05) is 12.1 Å². The van der Waals surface area contributed by atoms with Gasteiger partial charge in [-0.2, -0.15) is 0 Å². The zero-order valence-corrected chi connectivity index (χ0v) is 18.8. The SMILES string of the molecule is COc1ccccc1N1CCN(CC(C)COSc2cccc3c2OCCC3)CC1. The van der Waals surface area contributed by atoms with Gasteiger partial charge in [-0.15, -0.1) is 0 Å². The van der Waals surface area contributed by atoms with E-state index in [2.05, 4.69) is 47.1 Å². The standard InChI is InChI=1S/C24H32N2O3S/c1-19(18-29-30-23-11-5-7-20-8-6-16-28-24(20)23)17-25-12-14-26(15-13-25)21-9-3-4-10-22(21)27-2/h3-5,7,9-11,19H,6,8,12-18H2,1-2H3. The molecular formula is C24H32N2O3S. The fourth-order valence-electron chi connectivity index (χ4n) is 4.19. The highest BCUT2D eigenvalue weighted by Crippen LogP contribution is 2.36. The zero-order chi connectivity index (χ0) is 20.8. The Kier molecular flexibility index (Phi) is 7.42. The topological polar surface area (TPSA) is 34.2 Å². The molecule has 4 rings (SSSR count). The van der Waals surface area contributed by atoms with Crippen LogP contribution in [0.4, 0.5) is 5.69 Å². The molecule has 162 valence electrons. The number of rotatable bonds is 8. The first-order valence-electron chi connectivity index (χ1n) is 10.9. The van der Waals surface area contributed by atoms with E-state index in [4.69, 9.17) is 13.7 Å². The van der Waals surface area contributed by atoms with Crippen molar-refractivity contribution in [1.82, 2.24) is 4.90 Å². The van der Waals surface area contributed by atoms with Crippen LogP contribution in [0.2, 0.25) is 0 Å². The van der Waals surface area contributed by atoms with Crippen LogP contribution in [0.25, 0.3) is 0 Å². The molecule has 2 aliphatic heterocycles.